The van der Waals surface area contributed by atoms with Crippen LogP contribution in [0.4, 0.5) is 0 Å². The molecule has 126 valence electrons. The van der Waals surface area contributed by atoms with Gasteiger partial charge in [0.2, 0.25) is 0 Å². The van der Waals surface area contributed by atoms with Crippen molar-refractivity contribution >= 4 is 0 Å². The topological polar surface area (TPSA) is 40.5 Å². The summed E-state index contributed by atoms with van der Waals surface area (Å²) in [5.41, 5.74) is 1.09. The zero-order valence-corrected chi connectivity index (χ0v) is 14.5. The Bertz CT molecular complexity index is 587. The Hall–Kier alpha value is -0.780. The van der Waals surface area contributed by atoms with Crippen molar-refractivity contribution in [1.82, 2.24) is 0 Å². The summed E-state index contributed by atoms with van der Waals surface area (Å²) in [4.78, 5) is 0. The van der Waals surface area contributed by atoms with Crippen LogP contribution in [-0.2, 0) is 0 Å². The Labute approximate surface area is 140 Å². The first-order chi connectivity index (χ1) is 10.8. The van der Waals surface area contributed by atoms with Gasteiger partial charge in [0, 0.05) is 0 Å². The molecule has 2 N–H and O–H groups in total. The minimum Gasteiger partial charge on any atom is -0.393 e. The van der Waals surface area contributed by atoms with Crippen LogP contribution < -0.4 is 0 Å². The first-order valence-corrected chi connectivity index (χ1v) is 9.37. The largest absolute Gasteiger partial charge is 0.393 e. The van der Waals surface area contributed by atoms with E-state index in [0.29, 0.717) is 17.8 Å². The summed E-state index contributed by atoms with van der Waals surface area (Å²) in [7, 11) is 0. The molecule has 0 heterocycles. The maximum atomic E-state index is 10.7. The molecule has 0 saturated heterocycles. The zero-order valence-electron chi connectivity index (χ0n) is 14.5. The maximum Gasteiger partial charge on any atom is 0.126 e. The number of fused-ring (bicyclic) bond motifs is 5. The van der Waals surface area contributed by atoms with Crippen molar-refractivity contribution in [3.63, 3.8) is 0 Å². The zero-order chi connectivity index (χ0) is 16.5. The van der Waals surface area contributed by atoms with E-state index in [9.17, 15) is 10.2 Å². The SMILES string of the molecule is C#C[C@@]1(O)C[C@H]2[C@H]3CC=C4C[C@@H](O)CC[C@]4(C)[C@H]3CC[C@]2(C)C1. The molecule has 3 saturated carbocycles. The van der Waals surface area contributed by atoms with Crippen molar-refractivity contribution < 1.29 is 10.2 Å². The summed E-state index contributed by atoms with van der Waals surface area (Å²) in [6.07, 6.45) is 16.0. The van der Waals surface area contributed by atoms with Gasteiger partial charge in [-0.15, -0.1) is 6.42 Å². The van der Waals surface area contributed by atoms with Crippen LogP contribution in [0, 0.1) is 40.9 Å². The van der Waals surface area contributed by atoms with E-state index in [0.717, 1.165) is 38.5 Å². The molecule has 4 aliphatic rings. The molecule has 7 atom stereocenters. The van der Waals surface area contributed by atoms with Gasteiger partial charge in [0.25, 0.3) is 0 Å². The van der Waals surface area contributed by atoms with Gasteiger partial charge in [-0.05, 0) is 80.0 Å². The molecule has 23 heavy (non-hydrogen) atoms. The summed E-state index contributed by atoms with van der Waals surface area (Å²) in [6.45, 7) is 4.79. The highest BCUT2D eigenvalue weighted by atomic mass is 16.3. The van der Waals surface area contributed by atoms with Crippen LogP contribution in [0.15, 0.2) is 11.6 Å². The first kappa shape index (κ1) is 15.7. The summed E-state index contributed by atoms with van der Waals surface area (Å²) in [6, 6.07) is 0. The lowest BCUT2D eigenvalue weighted by molar-refractivity contribution is -0.0360. The number of hydrogen-bond donors (Lipinski definition) is 2. The van der Waals surface area contributed by atoms with Gasteiger partial charge in [-0.25, -0.2) is 0 Å². The molecule has 0 aliphatic heterocycles. The standard InChI is InChI=1S/C21H30O2/c1-4-21(23)12-18-16-6-5-14-11-15(22)7-10-20(14,3)17(16)8-9-19(18,2)13-21/h1,5,15-18,22-23H,6-13H2,2-3H3/t15-,16-,17-,18-,19+,20-,21+/m0/s1. The number of hydrogen-bond acceptors (Lipinski definition) is 2. The van der Waals surface area contributed by atoms with Crippen LogP contribution in [0.3, 0.4) is 0 Å². The molecule has 0 aromatic carbocycles. The Kier molecular flexibility index (Phi) is 3.33. The molecule has 2 nitrogen and oxygen atoms in total. The van der Waals surface area contributed by atoms with Gasteiger partial charge in [0.05, 0.1) is 6.10 Å². The predicted octanol–water partition coefficient (Wildman–Crippen LogP) is 3.67. The van der Waals surface area contributed by atoms with Gasteiger partial charge < -0.3 is 10.2 Å². The summed E-state index contributed by atoms with van der Waals surface area (Å²) < 4.78 is 0. The highest BCUT2D eigenvalue weighted by Gasteiger charge is 2.60. The van der Waals surface area contributed by atoms with Gasteiger partial charge in [0.1, 0.15) is 5.60 Å². The first-order valence-electron chi connectivity index (χ1n) is 9.37. The molecular formula is C21H30O2. The Morgan fingerprint density at radius 3 is 2.74 bits per heavy atom. The Morgan fingerprint density at radius 2 is 2.00 bits per heavy atom. The number of rotatable bonds is 0. The molecule has 4 aliphatic carbocycles. The fourth-order valence-corrected chi connectivity index (χ4v) is 6.87. The third-order valence-electron chi connectivity index (χ3n) is 8.12. The third kappa shape index (κ3) is 2.16. The fourth-order valence-electron chi connectivity index (χ4n) is 6.87. The van der Waals surface area contributed by atoms with E-state index >= 15 is 0 Å². The number of aliphatic hydroxyl groups is 2. The number of terminal acetylenes is 1. The molecule has 0 aromatic heterocycles. The highest BCUT2D eigenvalue weighted by molar-refractivity contribution is 5.27. The molecule has 2 heteroatoms. The highest BCUT2D eigenvalue weighted by Crippen LogP contribution is 2.66. The smallest absolute Gasteiger partial charge is 0.126 e. The summed E-state index contributed by atoms with van der Waals surface area (Å²) >= 11 is 0. The molecule has 4 rings (SSSR count). The van der Waals surface area contributed by atoms with E-state index in [-0.39, 0.29) is 16.9 Å². The van der Waals surface area contributed by atoms with Gasteiger partial charge in [-0.1, -0.05) is 31.4 Å². The number of aliphatic hydroxyl groups excluding tert-OH is 1. The van der Waals surface area contributed by atoms with Crippen molar-refractivity contribution in [3.8, 4) is 12.3 Å². The van der Waals surface area contributed by atoms with E-state index in [2.05, 4.69) is 25.8 Å². The second kappa shape index (κ2) is 4.87. The molecule has 0 unspecified atom stereocenters. The summed E-state index contributed by atoms with van der Waals surface area (Å²) in [5.74, 6) is 4.60. The minimum atomic E-state index is -0.887. The van der Waals surface area contributed by atoms with Crippen LogP contribution in [0.5, 0.6) is 0 Å². The molecule has 0 bridgehead atoms. The maximum absolute atomic E-state index is 10.7. The van der Waals surface area contributed by atoms with E-state index in [1.165, 1.54) is 18.4 Å². The van der Waals surface area contributed by atoms with Crippen LogP contribution in [0.1, 0.15) is 65.2 Å². The number of allylic oxidation sites excluding steroid dienone is 1. The van der Waals surface area contributed by atoms with Gasteiger partial charge in [0.15, 0.2) is 0 Å². The van der Waals surface area contributed by atoms with Crippen molar-refractivity contribution in [2.24, 2.45) is 28.6 Å². The fraction of sp³-hybridized carbons (Fsp3) is 0.810. The summed E-state index contributed by atoms with van der Waals surface area (Å²) in [5, 5.41) is 20.8. The average molecular weight is 314 g/mol. The van der Waals surface area contributed by atoms with Gasteiger partial charge in [-0.3, -0.25) is 0 Å². The quantitative estimate of drug-likeness (QED) is 0.529. The normalized spacial score (nSPS) is 55.2. The minimum absolute atomic E-state index is 0.141. The van der Waals surface area contributed by atoms with Crippen molar-refractivity contribution in [2.75, 3.05) is 0 Å². The van der Waals surface area contributed by atoms with Crippen LogP contribution in [-0.4, -0.2) is 21.9 Å². The molecular weight excluding hydrogens is 284 g/mol. The van der Waals surface area contributed by atoms with Gasteiger partial charge >= 0.3 is 0 Å². The average Bonchev–Trinajstić information content (AvgIpc) is 2.79. The molecule has 0 aromatic rings. The van der Waals surface area contributed by atoms with E-state index in [1.807, 2.05) is 0 Å². The predicted molar refractivity (Wildman–Crippen MR) is 91.5 cm³/mol. The van der Waals surface area contributed by atoms with Crippen molar-refractivity contribution in [1.29, 1.82) is 0 Å². The van der Waals surface area contributed by atoms with E-state index in [4.69, 9.17) is 6.42 Å². The van der Waals surface area contributed by atoms with Crippen LogP contribution in [0.25, 0.3) is 0 Å². The van der Waals surface area contributed by atoms with E-state index < -0.39 is 5.60 Å². The second-order valence-electron chi connectivity index (χ2n) is 9.41. The van der Waals surface area contributed by atoms with Gasteiger partial charge in [-0.2, -0.15) is 0 Å². The van der Waals surface area contributed by atoms with E-state index in [1.54, 1.807) is 0 Å². The molecule has 0 spiro atoms. The molecule has 0 radical (unpaired) electrons. The lowest BCUT2D eigenvalue weighted by Gasteiger charge is -2.57. The van der Waals surface area contributed by atoms with Crippen LogP contribution in [0.2, 0.25) is 0 Å². The Morgan fingerprint density at radius 1 is 1.22 bits per heavy atom. The second-order valence-corrected chi connectivity index (χ2v) is 9.41. The van der Waals surface area contributed by atoms with Crippen molar-refractivity contribution in [2.45, 2.75) is 76.9 Å². The van der Waals surface area contributed by atoms with Crippen LogP contribution >= 0.6 is 0 Å². The monoisotopic (exact) mass is 314 g/mol. The molecule has 0 amide bonds. The lowest BCUT2D eigenvalue weighted by atomic mass is 9.48. The molecule has 3 fully saturated rings. The Balaban J connectivity index is 1.68. The van der Waals surface area contributed by atoms with Crippen molar-refractivity contribution in [3.05, 3.63) is 11.6 Å². The third-order valence-corrected chi connectivity index (χ3v) is 8.12. The lowest BCUT2D eigenvalue weighted by Crippen LogP contribution is -2.49.